The van der Waals surface area contributed by atoms with Crippen LogP contribution in [0.3, 0.4) is 0 Å². The van der Waals surface area contributed by atoms with Gasteiger partial charge in [0.05, 0.1) is 11.8 Å². The summed E-state index contributed by atoms with van der Waals surface area (Å²) >= 11 is 11.0. The van der Waals surface area contributed by atoms with Gasteiger partial charge in [-0.25, -0.2) is 0 Å². The summed E-state index contributed by atoms with van der Waals surface area (Å²) in [6.07, 6.45) is 0. The van der Waals surface area contributed by atoms with Crippen molar-refractivity contribution < 1.29 is 33.5 Å². The van der Waals surface area contributed by atoms with Crippen molar-refractivity contribution in [1.82, 2.24) is 0 Å². The topological polar surface area (TPSA) is 112 Å². The van der Waals surface area contributed by atoms with E-state index in [-0.39, 0.29) is 22.3 Å². The molecule has 0 heterocycles. The minimum absolute atomic E-state index is 0.168. The Balaban J connectivity index is 1.37. The van der Waals surface area contributed by atoms with Crippen LogP contribution in [0.4, 0.5) is 0 Å². The van der Waals surface area contributed by atoms with Crippen LogP contribution in [0.25, 0.3) is 0 Å². The van der Waals surface area contributed by atoms with Crippen LogP contribution in [0.15, 0.2) is 97.1 Å². The Kier molecular flexibility index (Phi) is 9.80. The van der Waals surface area contributed by atoms with E-state index >= 15 is 0 Å². The fourth-order valence-corrected chi connectivity index (χ4v) is 4.37. The smallest absolute Gasteiger partial charge is 0.233 e. The van der Waals surface area contributed by atoms with E-state index in [9.17, 15) is 28.8 Å². The number of hydrogen-bond acceptors (Lipinski definition) is 7. The second-order valence-electron chi connectivity index (χ2n) is 9.76. The van der Waals surface area contributed by atoms with Gasteiger partial charge in [0, 0.05) is 22.3 Å². The average molecular weight is 615 g/mol. The van der Waals surface area contributed by atoms with Crippen LogP contribution in [0.2, 0.25) is 0 Å². The first kappa shape index (κ1) is 31.2. The van der Waals surface area contributed by atoms with E-state index in [4.69, 9.17) is 27.9 Å². The maximum absolute atomic E-state index is 12.7. The van der Waals surface area contributed by atoms with E-state index in [1.807, 2.05) is 0 Å². The van der Waals surface area contributed by atoms with Crippen molar-refractivity contribution in [3.05, 3.63) is 130 Å². The Morgan fingerprint density at radius 3 is 0.907 bits per heavy atom. The van der Waals surface area contributed by atoms with Crippen molar-refractivity contribution in [1.29, 1.82) is 0 Å². The Morgan fingerprint density at radius 1 is 0.442 bits per heavy atom. The van der Waals surface area contributed by atoms with Gasteiger partial charge in [-0.2, -0.15) is 0 Å². The van der Waals surface area contributed by atoms with Crippen LogP contribution < -0.4 is 4.74 Å². The van der Waals surface area contributed by atoms with Crippen LogP contribution in [-0.4, -0.2) is 33.6 Å². The van der Waals surface area contributed by atoms with Gasteiger partial charge in [-0.1, -0.05) is 62.4 Å². The summed E-state index contributed by atoms with van der Waals surface area (Å²) in [5, 5.41) is -1.04. The maximum Gasteiger partial charge on any atom is 0.233 e. The van der Waals surface area contributed by atoms with Crippen LogP contribution in [0.5, 0.6) is 11.5 Å². The number of halogens is 2. The van der Waals surface area contributed by atoms with Gasteiger partial charge < -0.3 is 4.74 Å². The number of benzene rings is 4. The zero-order chi connectivity index (χ0) is 31.3. The van der Waals surface area contributed by atoms with Crippen molar-refractivity contribution in [3.8, 4) is 11.5 Å². The highest BCUT2D eigenvalue weighted by Crippen LogP contribution is 2.24. The molecular weight excluding hydrogens is 591 g/mol. The number of hydrogen-bond donors (Lipinski definition) is 0. The van der Waals surface area contributed by atoms with Crippen LogP contribution in [0, 0.1) is 0 Å². The van der Waals surface area contributed by atoms with Crippen molar-refractivity contribution in [2.75, 3.05) is 0 Å². The summed E-state index contributed by atoms with van der Waals surface area (Å²) in [7, 11) is 0. The third-order valence-electron chi connectivity index (χ3n) is 6.91. The zero-order valence-electron chi connectivity index (χ0n) is 23.0. The van der Waals surface area contributed by atoms with Crippen molar-refractivity contribution in [2.45, 2.75) is 25.7 Å². The van der Waals surface area contributed by atoms with Crippen molar-refractivity contribution in [2.24, 2.45) is 0 Å². The highest BCUT2D eigenvalue weighted by Gasteiger charge is 2.21. The molecule has 7 nitrogen and oxygen atoms in total. The molecule has 4 rings (SSSR count). The number of ether oxygens (including phenoxy) is 1. The molecular formula is C34H24Cl2O7. The lowest BCUT2D eigenvalue weighted by molar-refractivity contribution is -0.113. The van der Waals surface area contributed by atoms with Crippen molar-refractivity contribution in [3.63, 3.8) is 0 Å². The second kappa shape index (κ2) is 13.5. The maximum atomic E-state index is 12.7. The molecule has 0 aliphatic heterocycles. The second-order valence-corrected chi connectivity index (χ2v) is 10.5. The molecule has 0 bridgehead atoms. The number of carbonyl (C=O) groups excluding carboxylic acids is 6. The minimum atomic E-state index is -0.704. The predicted molar refractivity (Wildman–Crippen MR) is 162 cm³/mol. The Labute approximate surface area is 257 Å². The summed E-state index contributed by atoms with van der Waals surface area (Å²) in [5.74, 6) is -3.10. The van der Waals surface area contributed by atoms with Gasteiger partial charge in [0.2, 0.25) is 33.6 Å². The Hall–Kier alpha value is -4.72. The molecule has 2 unspecified atom stereocenters. The first-order valence-corrected chi connectivity index (χ1v) is 13.9. The molecule has 216 valence electrons. The van der Waals surface area contributed by atoms with Gasteiger partial charge in [0.25, 0.3) is 0 Å². The third-order valence-corrected chi connectivity index (χ3v) is 7.56. The summed E-state index contributed by atoms with van der Waals surface area (Å²) in [6.45, 7) is 3.29. The molecule has 2 atom stereocenters. The molecule has 4 aromatic rings. The molecule has 0 N–H and O–H groups in total. The van der Waals surface area contributed by atoms with Crippen LogP contribution in [-0.2, 0) is 9.59 Å². The first-order chi connectivity index (χ1) is 20.5. The van der Waals surface area contributed by atoms with E-state index in [0.717, 1.165) is 0 Å². The molecule has 43 heavy (non-hydrogen) atoms. The molecule has 9 heteroatoms. The number of ketones is 4. The fraction of sp³-hybridized carbons (Fsp3) is 0.118. The van der Waals surface area contributed by atoms with Crippen molar-refractivity contribution >= 4 is 56.8 Å². The molecule has 4 aromatic carbocycles. The highest BCUT2D eigenvalue weighted by atomic mass is 35.5. The van der Waals surface area contributed by atoms with Crippen LogP contribution >= 0.6 is 23.2 Å². The third kappa shape index (κ3) is 7.38. The number of carbonyl (C=O) groups is 6. The minimum Gasteiger partial charge on any atom is -0.457 e. The molecule has 0 radical (unpaired) electrons. The normalized spacial score (nSPS) is 12.1. The van der Waals surface area contributed by atoms with E-state index in [0.29, 0.717) is 22.6 Å². The molecule has 0 amide bonds. The molecule has 0 fully saturated rings. The average Bonchev–Trinajstić information content (AvgIpc) is 3.03. The fourth-order valence-electron chi connectivity index (χ4n) is 4.12. The summed E-state index contributed by atoms with van der Waals surface area (Å²) in [6, 6.07) is 24.2. The van der Waals surface area contributed by atoms with Gasteiger partial charge in [0.1, 0.15) is 11.5 Å². The number of rotatable bonds is 12. The lowest BCUT2D eigenvalue weighted by Gasteiger charge is -2.09. The van der Waals surface area contributed by atoms with E-state index in [1.165, 1.54) is 72.8 Å². The Morgan fingerprint density at radius 2 is 0.674 bits per heavy atom. The Bertz CT molecular complexity index is 1580. The van der Waals surface area contributed by atoms with E-state index < -0.39 is 45.5 Å². The quantitative estimate of drug-likeness (QED) is 0.0931. The standard InChI is InChI=1S/C34H24Cl2O7/c1-19(33(35)41)21-3-7-23(8-4-21)29(37)31(39)25-11-15-27(16-12-25)43-28-17-13-26(14-18-28)32(40)30(38)24-9-5-22(6-10-24)20(2)34(36)42/h3-20H,1-2H3. The van der Waals surface area contributed by atoms with Gasteiger partial charge in [-0.05, 0) is 82.9 Å². The SMILES string of the molecule is CC(C(=O)Cl)c1ccc(C(=O)C(=O)c2ccc(Oc3ccc(C(=O)C(=O)c4ccc(C(C)C(=O)Cl)cc4)cc3)cc2)cc1. The predicted octanol–water partition coefficient (Wildman–Crippen LogP) is 7.35. The molecule has 0 saturated carbocycles. The first-order valence-electron chi connectivity index (χ1n) is 13.1. The zero-order valence-corrected chi connectivity index (χ0v) is 24.5. The monoisotopic (exact) mass is 614 g/mol. The molecule has 0 saturated heterocycles. The van der Waals surface area contributed by atoms with Gasteiger partial charge >= 0.3 is 0 Å². The lowest BCUT2D eigenvalue weighted by Crippen LogP contribution is -2.14. The van der Waals surface area contributed by atoms with Gasteiger partial charge in [-0.15, -0.1) is 0 Å². The summed E-state index contributed by atoms with van der Waals surface area (Å²) < 4.78 is 5.78. The molecule has 0 spiro atoms. The van der Waals surface area contributed by atoms with Gasteiger partial charge in [0.15, 0.2) is 0 Å². The summed E-state index contributed by atoms with van der Waals surface area (Å²) in [5.41, 5.74) is 1.98. The molecule has 0 aromatic heterocycles. The van der Waals surface area contributed by atoms with Gasteiger partial charge in [-0.3, -0.25) is 28.8 Å². The highest BCUT2D eigenvalue weighted by molar-refractivity contribution is 6.65. The molecule has 0 aliphatic rings. The largest absolute Gasteiger partial charge is 0.457 e. The van der Waals surface area contributed by atoms with E-state index in [2.05, 4.69) is 0 Å². The van der Waals surface area contributed by atoms with E-state index in [1.54, 1.807) is 38.1 Å². The number of Topliss-reactive ketones (excluding diaryl/α,β-unsaturated/α-hetero) is 4. The summed E-state index contributed by atoms with van der Waals surface area (Å²) in [4.78, 5) is 73.5. The lowest BCUT2D eigenvalue weighted by atomic mass is 9.97. The van der Waals surface area contributed by atoms with Crippen LogP contribution in [0.1, 0.15) is 78.2 Å². The molecule has 0 aliphatic carbocycles.